The van der Waals surface area contributed by atoms with E-state index in [4.69, 9.17) is 11.6 Å². The molecule has 1 aliphatic heterocycles. The van der Waals surface area contributed by atoms with Crippen LogP contribution in [0.25, 0.3) is 0 Å². The van der Waals surface area contributed by atoms with E-state index in [1.807, 2.05) is 18.2 Å². The van der Waals surface area contributed by atoms with E-state index in [2.05, 4.69) is 24.1 Å². The molecule has 0 radical (unpaired) electrons. The van der Waals surface area contributed by atoms with Gasteiger partial charge in [-0.15, -0.1) is 0 Å². The second-order valence-corrected chi connectivity index (χ2v) is 6.67. The predicted molar refractivity (Wildman–Crippen MR) is 94.8 cm³/mol. The number of anilines is 1. The van der Waals surface area contributed by atoms with Crippen LogP contribution < -0.4 is 21.5 Å². The van der Waals surface area contributed by atoms with Crippen LogP contribution in [-0.2, 0) is 13.1 Å². The van der Waals surface area contributed by atoms with E-state index in [1.165, 1.54) is 4.90 Å². The summed E-state index contributed by atoms with van der Waals surface area (Å²) in [6.07, 6.45) is 1.03. The first-order valence-corrected chi connectivity index (χ1v) is 8.57. The van der Waals surface area contributed by atoms with Gasteiger partial charge in [0.1, 0.15) is 17.9 Å². The third-order valence-corrected chi connectivity index (χ3v) is 5.15. The highest BCUT2D eigenvalue weighted by atomic mass is 35.5. The summed E-state index contributed by atoms with van der Waals surface area (Å²) in [4.78, 5) is 28.3. The lowest BCUT2D eigenvalue weighted by atomic mass is 10.1. The van der Waals surface area contributed by atoms with E-state index in [0.717, 1.165) is 12.0 Å². The molecule has 2 heterocycles. The van der Waals surface area contributed by atoms with Gasteiger partial charge >= 0.3 is 5.69 Å². The zero-order valence-corrected chi connectivity index (χ0v) is 14.6. The Morgan fingerprint density at radius 1 is 1.33 bits per heavy atom. The van der Waals surface area contributed by atoms with Gasteiger partial charge in [0.15, 0.2) is 6.67 Å². The van der Waals surface area contributed by atoms with Crippen molar-refractivity contribution in [3.63, 3.8) is 0 Å². The molecule has 0 saturated heterocycles. The van der Waals surface area contributed by atoms with Gasteiger partial charge in [-0.2, -0.15) is 0 Å². The fraction of sp³-hybridized carbons (Fsp3) is 0.412. The van der Waals surface area contributed by atoms with E-state index >= 15 is 0 Å². The van der Waals surface area contributed by atoms with Gasteiger partial charge in [-0.1, -0.05) is 36.7 Å². The molecule has 2 atom stereocenters. The molecule has 1 unspecified atom stereocenters. The summed E-state index contributed by atoms with van der Waals surface area (Å²) < 4.78 is 1.56. The van der Waals surface area contributed by atoms with Crippen LogP contribution in [0.3, 0.4) is 0 Å². The first-order valence-electron chi connectivity index (χ1n) is 8.19. The number of hydrogen-bond acceptors (Lipinski definition) is 3. The van der Waals surface area contributed by atoms with E-state index in [9.17, 15) is 9.59 Å². The molecule has 1 aromatic carbocycles. The minimum Gasteiger partial charge on any atom is -0.324 e. The van der Waals surface area contributed by atoms with Crippen molar-refractivity contribution < 1.29 is 4.90 Å². The quantitative estimate of drug-likeness (QED) is 0.764. The minimum absolute atomic E-state index is 0.307. The lowest BCUT2D eigenvalue weighted by Gasteiger charge is -2.31. The molecule has 0 bridgehead atoms. The molecule has 1 aliphatic rings. The van der Waals surface area contributed by atoms with Crippen molar-refractivity contribution >= 4 is 17.4 Å². The molecule has 6 nitrogen and oxygen atoms in total. The van der Waals surface area contributed by atoms with Crippen LogP contribution in [0.5, 0.6) is 0 Å². The predicted octanol–water partition coefficient (Wildman–Crippen LogP) is 0.805. The van der Waals surface area contributed by atoms with Gasteiger partial charge in [-0.3, -0.25) is 14.3 Å². The summed E-state index contributed by atoms with van der Waals surface area (Å²) in [5, 5.41) is 3.88. The number of rotatable bonds is 4. The molecule has 1 aromatic heterocycles. The van der Waals surface area contributed by atoms with E-state index in [-0.39, 0.29) is 5.56 Å². The molecular formula is C17H22ClN4O2+. The highest BCUT2D eigenvalue weighted by molar-refractivity contribution is 6.31. The van der Waals surface area contributed by atoms with Crippen molar-refractivity contribution in [1.29, 1.82) is 0 Å². The van der Waals surface area contributed by atoms with Gasteiger partial charge in [0.2, 0.25) is 0 Å². The standard InChI is InChI=1S/C17H21ClN4O2/c1-3-11(2)21-9-13-15(19-10-21)22(17(24)20-16(13)23)8-12-6-4-5-7-14(12)18/h4-7,11,19H,3,8-10H2,1-2H3,(H,20,23,24)/p+1/t11-/m1/s1. The SMILES string of the molecule is CC[C@@H](C)[NH+]1CNc2c(c(=O)[nH]c(=O)n2Cc2ccccc2Cl)C1. The maximum Gasteiger partial charge on any atom is 0.330 e. The molecule has 3 N–H and O–H groups in total. The van der Waals surface area contributed by atoms with Gasteiger partial charge < -0.3 is 10.2 Å². The summed E-state index contributed by atoms with van der Waals surface area (Å²) in [6, 6.07) is 7.84. The van der Waals surface area contributed by atoms with Gasteiger partial charge in [-0.05, 0) is 25.0 Å². The Hall–Kier alpha value is -2.05. The van der Waals surface area contributed by atoms with Crippen LogP contribution in [0, 0.1) is 0 Å². The van der Waals surface area contributed by atoms with Crippen molar-refractivity contribution in [3.8, 4) is 0 Å². The maximum atomic E-state index is 12.3. The van der Waals surface area contributed by atoms with Crippen LogP contribution in [0.4, 0.5) is 5.82 Å². The monoisotopic (exact) mass is 349 g/mol. The maximum absolute atomic E-state index is 12.3. The summed E-state index contributed by atoms with van der Waals surface area (Å²) >= 11 is 6.21. The number of hydrogen-bond donors (Lipinski definition) is 3. The molecular weight excluding hydrogens is 328 g/mol. The van der Waals surface area contributed by atoms with Crippen molar-refractivity contribution in [2.75, 3.05) is 12.0 Å². The number of halogens is 1. The van der Waals surface area contributed by atoms with E-state index < -0.39 is 5.69 Å². The van der Waals surface area contributed by atoms with Gasteiger partial charge in [0.05, 0.1) is 12.6 Å². The molecule has 0 fully saturated rings. The first kappa shape index (κ1) is 16.8. The normalized spacial score (nSPS) is 17.9. The molecule has 0 amide bonds. The third kappa shape index (κ3) is 3.12. The van der Waals surface area contributed by atoms with Crippen LogP contribution >= 0.6 is 11.6 Å². The number of nitrogens with one attached hydrogen (secondary N) is 3. The van der Waals surface area contributed by atoms with Gasteiger partial charge in [0, 0.05) is 5.02 Å². The largest absolute Gasteiger partial charge is 0.330 e. The van der Waals surface area contributed by atoms with Crippen molar-refractivity contribution in [1.82, 2.24) is 9.55 Å². The Kier molecular flexibility index (Phi) is 4.78. The Bertz CT molecular complexity index is 858. The summed E-state index contributed by atoms with van der Waals surface area (Å²) in [5.74, 6) is 0.607. The number of quaternary nitrogens is 1. The molecule has 24 heavy (non-hydrogen) atoms. The van der Waals surface area contributed by atoms with Crippen LogP contribution in [0.15, 0.2) is 33.9 Å². The van der Waals surface area contributed by atoms with E-state index in [1.54, 1.807) is 10.6 Å². The van der Waals surface area contributed by atoms with Gasteiger partial charge in [0.25, 0.3) is 5.56 Å². The second kappa shape index (κ2) is 6.83. The fourth-order valence-corrected chi connectivity index (χ4v) is 3.25. The number of benzene rings is 1. The molecule has 0 saturated carbocycles. The van der Waals surface area contributed by atoms with Crippen molar-refractivity contribution in [2.24, 2.45) is 0 Å². The Morgan fingerprint density at radius 2 is 2.08 bits per heavy atom. The zero-order chi connectivity index (χ0) is 17.3. The number of aromatic amines is 1. The molecule has 0 aliphatic carbocycles. The third-order valence-electron chi connectivity index (χ3n) is 4.78. The lowest BCUT2D eigenvalue weighted by molar-refractivity contribution is -0.935. The number of fused-ring (bicyclic) bond motifs is 1. The average Bonchev–Trinajstić information content (AvgIpc) is 2.59. The topological polar surface area (TPSA) is 71.3 Å². The average molecular weight is 350 g/mol. The second-order valence-electron chi connectivity index (χ2n) is 6.26. The van der Waals surface area contributed by atoms with Crippen molar-refractivity contribution in [3.05, 3.63) is 61.3 Å². The smallest absolute Gasteiger partial charge is 0.324 e. The highest BCUT2D eigenvalue weighted by Gasteiger charge is 2.28. The number of aromatic nitrogens is 2. The van der Waals surface area contributed by atoms with Crippen molar-refractivity contribution in [2.45, 2.75) is 39.4 Å². The first-order chi connectivity index (χ1) is 11.5. The molecule has 128 valence electrons. The summed E-state index contributed by atoms with van der Waals surface area (Å²) in [6.45, 7) is 5.91. The Morgan fingerprint density at radius 3 is 2.79 bits per heavy atom. The zero-order valence-electron chi connectivity index (χ0n) is 13.9. The number of H-pyrrole nitrogens is 1. The fourth-order valence-electron chi connectivity index (χ4n) is 3.05. The van der Waals surface area contributed by atoms with Crippen LogP contribution in [0.1, 0.15) is 31.4 Å². The molecule has 2 aromatic rings. The molecule has 7 heteroatoms. The minimum atomic E-state index is -0.418. The Labute approximate surface area is 145 Å². The van der Waals surface area contributed by atoms with E-state index in [0.29, 0.717) is 42.2 Å². The molecule has 3 rings (SSSR count). The van der Waals surface area contributed by atoms with Gasteiger partial charge in [-0.25, -0.2) is 4.79 Å². The van der Waals surface area contributed by atoms with Crippen LogP contribution in [-0.4, -0.2) is 22.3 Å². The highest BCUT2D eigenvalue weighted by Crippen LogP contribution is 2.18. The van der Waals surface area contributed by atoms with Crippen LogP contribution in [0.2, 0.25) is 5.02 Å². The molecule has 0 spiro atoms. The summed E-state index contributed by atoms with van der Waals surface area (Å²) in [5.41, 5.74) is 0.744. The Balaban J connectivity index is 2.02. The number of nitrogens with zero attached hydrogens (tertiary/aromatic N) is 1. The lowest BCUT2D eigenvalue weighted by Crippen LogP contribution is -3.16. The summed E-state index contributed by atoms with van der Waals surface area (Å²) in [7, 11) is 0.